The van der Waals surface area contributed by atoms with Crippen molar-refractivity contribution >= 4 is 11.8 Å². The second kappa shape index (κ2) is 7.90. The monoisotopic (exact) mass is 369 g/mol. The maximum absolute atomic E-state index is 13.0. The number of para-hydroxylation sites is 1. The highest BCUT2D eigenvalue weighted by atomic mass is 16.2. The van der Waals surface area contributed by atoms with Crippen molar-refractivity contribution in [1.29, 1.82) is 0 Å². The molecule has 0 radical (unpaired) electrons. The number of aryl methyl sites for hydroxylation is 1. The lowest BCUT2D eigenvalue weighted by Gasteiger charge is -2.34. The molecule has 2 N–H and O–H groups in total. The number of carbonyl (C=O) groups excluding carboxylic acids is 2. The third-order valence-corrected chi connectivity index (χ3v) is 5.07. The fourth-order valence-electron chi connectivity index (χ4n) is 3.72. The third kappa shape index (κ3) is 4.02. The minimum atomic E-state index is -0.389. The predicted octanol–water partition coefficient (Wildman–Crippen LogP) is 2.57. The molecule has 3 rings (SSSR count). The summed E-state index contributed by atoms with van der Waals surface area (Å²) in [6, 6.07) is 7.84. The molecule has 1 saturated heterocycles. The predicted molar refractivity (Wildman–Crippen MR) is 103 cm³/mol. The number of hydrogen-bond donors (Lipinski definition) is 1. The first-order chi connectivity index (χ1) is 12.9. The molecule has 1 aliphatic rings. The Morgan fingerprint density at radius 2 is 2.00 bits per heavy atom. The van der Waals surface area contributed by atoms with Gasteiger partial charge < -0.3 is 10.6 Å². The number of nitrogens with zero attached hydrogens (tertiary/aromatic N) is 4. The molecule has 1 aromatic carbocycles. The summed E-state index contributed by atoms with van der Waals surface area (Å²) in [5.74, 6) is 0.536. The first kappa shape index (κ1) is 19.1. The van der Waals surface area contributed by atoms with Gasteiger partial charge in [-0.25, -0.2) is 9.67 Å². The number of hydrogen-bond acceptors (Lipinski definition) is 4. The molecular formula is C20H27N5O2. The lowest BCUT2D eigenvalue weighted by Crippen LogP contribution is -2.45. The Kier molecular flexibility index (Phi) is 5.58. The SMILES string of the molecule is Cc1nc(C(=O)N2CCCCC2CC(N)=O)nn1-c1ccccc1C(C)C. The molecule has 0 saturated carbocycles. The van der Waals surface area contributed by atoms with E-state index in [9.17, 15) is 9.59 Å². The van der Waals surface area contributed by atoms with Gasteiger partial charge in [0.15, 0.2) is 0 Å². The summed E-state index contributed by atoms with van der Waals surface area (Å²) in [5, 5.41) is 4.51. The maximum Gasteiger partial charge on any atom is 0.293 e. The Bertz CT molecular complexity index is 843. The van der Waals surface area contributed by atoms with E-state index in [2.05, 4.69) is 30.0 Å². The number of amides is 2. The summed E-state index contributed by atoms with van der Waals surface area (Å²) < 4.78 is 1.73. The van der Waals surface area contributed by atoms with Gasteiger partial charge in [-0.15, -0.1) is 5.10 Å². The summed E-state index contributed by atoms with van der Waals surface area (Å²) in [5.41, 5.74) is 7.44. The summed E-state index contributed by atoms with van der Waals surface area (Å²) in [6.07, 6.45) is 2.87. The zero-order valence-corrected chi connectivity index (χ0v) is 16.2. The van der Waals surface area contributed by atoms with E-state index >= 15 is 0 Å². The average molecular weight is 369 g/mol. The molecule has 144 valence electrons. The van der Waals surface area contributed by atoms with Crippen LogP contribution >= 0.6 is 0 Å². The molecule has 0 bridgehead atoms. The van der Waals surface area contributed by atoms with E-state index in [1.165, 1.54) is 0 Å². The van der Waals surface area contributed by atoms with Crippen molar-refractivity contribution in [2.75, 3.05) is 6.54 Å². The van der Waals surface area contributed by atoms with Gasteiger partial charge in [0.05, 0.1) is 5.69 Å². The lowest BCUT2D eigenvalue weighted by atomic mass is 9.99. The molecule has 1 atom stereocenters. The molecule has 1 unspecified atom stereocenters. The number of benzene rings is 1. The van der Waals surface area contributed by atoms with Gasteiger partial charge in [-0.2, -0.15) is 0 Å². The van der Waals surface area contributed by atoms with Crippen LogP contribution < -0.4 is 5.73 Å². The smallest absolute Gasteiger partial charge is 0.293 e. The molecule has 0 spiro atoms. The Balaban J connectivity index is 1.92. The van der Waals surface area contributed by atoms with Crippen LogP contribution in [0.25, 0.3) is 5.69 Å². The molecule has 0 aliphatic carbocycles. The van der Waals surface area contributed by atoms with Gasteiger partial charge in [-0.1, -0.05) is 32.0 Å². The number of aromatic nitrogens is 3. The fraction of sp³-hybridized carbons (Fsp3) is 0.500. The Hall–Kier alpha value is -2.70. The molecule has 2 aromatic rings. The van der Waals surface area contributed by atoms with Crippen LogP contribution in [0.5, 0.6) is 0 Å². The summed E-state index contributed by atoms with van der Waals surface area (Å²) in [7, 11) is 0. The number of rotatable bonds is 5. The molecule has 2 heterocycles. The van der Waals surface area contributed by atoms with E-state index in [0.29, 0.717) is 18.3 Å². The van der Waals surface area contributed by atoms with Crippen molar-refractivity contribution in [1.82, 2.24) is 19.7 Å². The van der Waals surface area contributed by atoms with Crippen LogP contribution in [0.15, 0.2) is 24.3 Å². The van der Waals surface area contributed by atoms with E-state index in [0.717, 1.165) is 30.5 Å². The number of piperidine rings is 1. The van der Waals surface area contributed by atoms with Gasteiger partial charge in [0.2, 0.25) is 11.7 Å². The zero-order chi connectivity index (χ0) is 19.6. The van der Waals surface area contributed by atoms with Gasteiger partial charge in [0, 0.05) is 19.0 Å². The van der Waals surface area contributed by atoms with Crippen LogP contribution in [-0.2, 0) is 4.79 Å². The largest absolute Gasteiger partial charge is 0.370 e. The zero-order valence-electron chi connectivity index (χ0n) is 16.2. The molecule has 7 heteroatoms. The normalized spacial score (nSPS) is 17.3. The van der Waals surface area contributed by atoms with Gasteiger partial charge in [0.1, 0.15) is 5.82 Å². The Morgan fingerprint density at radius 3 is 2.70 bits per heavy atom. The van der Waals surface area contributed by atoms with E-state index in [-0.39, 0.29) is 30.1 Å². The summed E-state index contributed by atoms with van der Waals surface area (Å²) in [4.78, 5) is 30.5. The van der Waals surface area contributed by atoms with Crippen molar-refractivity contribution in [2.45, 2.75) is 58.4 Å². The van der Waals surface area contributed by atoms with Gasteiger partial charge >= 0.3 is 0 Å². The minimum absolute atomic E-state index is 0.168. The molecule has 7 nitrogen and oxygen atoms in total. The van der Waals surface area contributed by atoms with E-state index in [1.807, 2.05) is 25.1 Å². The van der Waals surface area contributed by atoms with Crippen LogP contribution in [0.3, 0.4) is 0 Å². The first-order valence-corrected chi connectivity index (χ1v) is 9.50. The molecule has 2 amide bonds. The number of likely N-dealkylation sites (tertiary alicyclic amines) is 1. The summed E-state index contributed by atoms with van der Waals surface area (Å²) >= 11 is 0. The fourth-order valence-corrected chi connectivity index (χ4v) is 3.72. The Labute approximate surface area is 159 Å². The van der Waals surface area contributed by atoms with Crippen molar-refractivity contribution in [3.05, 3.63) is 41.5 Å². The van der Waals surface area contributed by atoms with E-state index in [4.69, 9.17) is 5.73 Å². The van der Waals surface area contributed by atoms with Gasteiger partial charge in [0.25, 0.3) is 5.91 Å². The van der Waals surface area contributed by atoms with Crippen LogP contribution in [0.1, 0.15) is 67.5 Å². The van der Waals surface area contributed by atoms with Crippen molar-refractivity contribution < 1.29 is 9.59 Å². The lowest BCUT2D eigenvalue weighted by molar-refractivity contribution is -0.119. The quantitative estimate of drug-likeness (QED) is 0.876. The van der Waals surface area contributed by atoms with Crippen LogP contribution in [-0.4, -0.2) is 44.1 Å². The van der Waals surface area contributed by atoms with Gasteiger partial charge in [-0.3, -0.25) is 9.59 Å². The van der Waals surface area contributed by atoms with E-state index in [1.54, 1.807) is 9.58 Å². The van der Waals surface area contributed by atoms with Crippen molar-refractivity contribution in [3.63, 3.8) is 0 Å². The number of carbonyl (C=O) groups is 2. The first-order valence-electron chi connectivity index (χ1n) is 9.50. The van der Waals surface area contributed by atoms with Crippen molar-refractivity contribution in [2.24, 2.45) is 5.73 Å². The molecule has 1 aromatic heterocycles. The molecular weight excluding hydrogens is 342 g/mol. The maximum atomic E-state index is 13.0. The number of primary amides is 1. The van der Waals surface area contributed by atoms with E-state index < -0.39 is 0 Å². The second-order valence-corrected chi connectivity index (χ2v) is 7.43. The molecule has 1 fully saturated rings. The standard InChI is InChI=1S/C20H27N5O2/c1-13(2)16-9-4-5-10-17(16)25-14(3)22-19(23-25)20(27)24-11-7-6-8-15(24)12-18(21)26/h4-5,9-10,13,15H,6-8,11-12H2,1-3H3,(H2,21,26). The molecule has 1 aliphatic heterocycles. The van der Waals surface area contributed by atoms with Gasteiger partial charge in [-0.05, 0) is 43.7 Å². The van der Waals surface area contributed by atoms with Crippen molar-refractivity contribution in [3.8, 4) is 5.69 Å². The highest BCUT2D eigenvalue weighted by Gasteiger charge is 2.31. The highest BCUT2D eigenvalue weighted by molar-refractivity contribution is 5.91. The highest BCUT2D eigenvalue weighted by Crippen LogP contribution is 2.24. The Morgan fingerprint density at radius 1 is 1.26 bits per heavy atom. The average Bonchev–Trinajstić information content (AvgIpc) is 3.02. The topological polar surface area (TPSA) is 94.1 Å². The van der Waals surface area contributed by atoms with Crippen LogP contribution in [0.4, 0.5) is 0 Å². The van der Waals surface area contributed by atoms with Crippen LogP contribution in [0, 0.1) is 6.92 Å². The number of nitrogens with two attached hydrogens (primary N) is 1. The second-order valence-electron chi connectivity index (χ2n) is 7.43. The third-order valence-electron chi connectivity index (χ3n) is 5.07. The molecule has 27 heavy (non-hydrogen) atoms. The summed E-state index contributed by atoms with van der Waals surface area (Å²) in [6.45, 7) is 6.70. The minimum Gasteiger partial charge on any atom is -0.370 e. The van der Waals surface area contributed by atoms with Crippen LogP contribution in [0.2, 0.25) is 0 Å².